The highest BCUT2D eigenvalue weighted by atomic mass is 16.6. The Bertz CT molecular complexity index is 1170. The predicted molar refractivity (Wildman–Crippen MR) is 289 cm³/mol. The highest BCUT2D eigenvalue weighted by Gasteiger charge is 2.19. The van der Waals surface area contributed by atoms with E-state index in [4.69, 9.17) is 14.2 Å². The molecule has 0 unspecified atom stereocenters. The second-order valence-corrected chi connectivity index (χ2v) is 19.5. The topological polar surface area (TPSA) is 78.9 Å². The monoisotopic (exact) mass is 939 g/mol. The molecular formula is C61H110O6. The molecule has 0 saturated heterocycles. The fraction of sp³-hybridized carbons (Fsp3) is 0.820. The Morgan fingerprint density at radius 2 is 0.537 bits per heavy atom. The van der Waals surface area contributed by atoms with Gasteiger partial charge in [-0.15, -0.1) is 0 Å². The number of hydrogen-bond acceptors (Lipinski definition) is 6. The van der Waals surface area contributed by atoms with Gasteiger partial charge < -0.3 is 14.2 Å². The number of carbonyl (C=O) groups is 3. The normalized spacial score (nSPS) is 12.3. The maximum absolute atomic E-state index is 12.8. The Kier molecular flexibility index (Phi) is 53.8. The van der Waals surface area contributed by atoms with Crippen molar-refractivity contribution in [2.45, 2.75) is 309 Å². The van der Waals surface area contributed by atoms with Gasteiger partial charge in [-0.1, -0.05) is 230 Å². The summed E-state index contributed by atoms with van der Waals surface area (Å²) in [5, 5.41) is 0. The molecule has 0 radical (unpaired) electrons. The first kappa shape index (κ1) is 64.4. The van der Waals surface area contributed by atoms with Gasteiger partial charge in [-0.2, -0.15) is 0 Å². The van der Waals surface area contributed by atoms with Crippen LogP contribution in [0.25, 0.3) is 0 Å². The molecule has 0 spiro atoms. The van der Waals surface area contributed by atoms with Crippen molar-refractivity contribution in [3.8, 4) is 0 Å². The molecule has 0 fully saturated rings. The first-order valence-electron chi connectivity index (χ1n) is 29.1. The lowest BCUT2D eigenvalue weighted by Gasteiger charge is -2.18. The standard InChI is InChI=1S/C61H110O6/c1-4-7-10-13-16-19-22-25-28-29-30-31-34-36-39-42-45-48-51-54-60(63)66-57-58(67-61(64)55-52-49-46-43-40-37-33-27-24-21-18-15-12-9-6-3)56-65-59(62)53-50-47-44-41-38-35-32-26-23-20-17-14-11-8-5-2/h18,21,25-28,32-33,58H,4-17,19-20,22-24,29-31,34-57H2,1-3H3/b21-18-,28-25-,32-26-,33-27-/t58-/m0/s1. The van der Waals surface area contributed by atoms with E-state index in [1.54, 1.807) is 0 Å². The molecule has 0 N–H and O–H groups in total. The average molecular weight is 940 g/mol. The van der Waals surface area contributed by atoms with Crippen LogP contribution in [0, 0.1) is 0 Å². The third kappa shape index (κ3) is 54.2. The van der Waals surface area contributed by atoms with Crippen LogP contribution in [0.1, 0.15) is 303 Å². The molecule has 0 bridgehead atoms. The maximum Gasteiger partial charge on any atom is 0.306 e. The molecular weight excluding hydrogens is 829 g/mol. The van der Waals surface area contributed by atoms with Crippen LogP contribution in [0.5, 0.6) is 0 Å². The molecule has 0 aromatic heterocycles. The molecule has 0 aliphatic heterocycles. The zero-order chi connectivity index (χ0) is 48.6. The second kappa shape index (κ2) is 56.0. The number of allylic oxidation sites excluding steroid dienone is 8. The lowest BCUT2D eigenvalue weighted by Crippen LogP contribution is -2.30. The molecule has 67 heavy (non-hydrogen) atoms. The van der Waals surface area contributed by atoms with E-state index in [1.165, 1.54) is 173 Å². The summed E-state index contributed by atoms with van der Waals surface area (Å²) in [4.78, 5) is 38.1. The summed E-state index contributed by atoms with van der Waals surface area (Å²) in [6.07, 6.45) is 68.1. The summed E-state index contributed by atoms with van der Waals surface area (Å²) in [7, 11) is 0. The van der Waals surface area contributed by atoms with Gasteiger partial charge in [0.15, 0.2) is 6.10 Å². The molecule has 0 heterocycles. The molecule has 0 aromatic carbocycles. The van der Waals surface area contributed by atoms with Crippen LogP contribution in [-0.2, 0) is 28.6 Å². The van der Waals surface area contributed by atoms with Crippen molar-refractivity contribution in [3.63, 3.8) is 0 Å². The van der Waals surface area contributed by atoms with Gasteiger partial charge in [-0.3, -0.25) is 14.4 Å². The Morgan fingerprint density at radius 3 is 0.866 bits per heavy atom. The molecule has 0 aliphatic rings. The lowest BCUT2D eigenvalue weighted by atomic mass is 10.1. The fourth-order valence-electron chi connectivity index (χ4n) is 8.35. The van der Waals surface area contributed by atoms with Crippen molar-refractivity contribution in [1.29, 1.82) is 0 Å². The minimum absolute atomic E-state index is 0.0810. The van der Waals surface area contributed by atoms with E-state index in [1.807, 2.05) is 0 Å². The Labute approximate surface area is 416 Å². The van der Waals surface area contributed by atoms with E-state index in [2.05, 4.69) is 69.4 Å². The van der Waals surface area contributed by atoms with Gasteiger partial charge in [0.2, 0.25) is 0 Å². The van der Waals surface area contributed by atoms with Crippen molar-refractivity contribution in [2.24, 2.45) is 0 Å². The summed E-state index contributed by atoms with van der Waals surface area (Å²) in [6, 6.07) is 0. The van der Waals surface area contributed by atoms with Crippen molar-refractivity contribution in [2.75, 3.05) is 13.2 Å². The molecule has 1 atom stereocenters. The van der Waals surface area contributed by atoms with Crippen LogP contribution in [0.15, 0.2) is 48.6 Å². The van der Waals surface area contributed by atoms with Gasteiger partial charge in [0, 0.05) is 19.3 Å². The van der Waals surface area contributed by atoms with Gasteiger partial charge in [-0.25, -0.2) is 0 Å². The summed E-state index contributed by atoms with van der Waals surface area (Å²) in [5.74, 6) is -0.893. The number of unbranched alkanes of at least 4 members (excludes halogenated alkanes) is 34. The molecule has 6 heteroatoms. The van der Waals surface area contributed by atoms with Crippen LogP contribution < -0.4 is 0 Å². The van der Waals surface area contributed by atoms with Crippen LogP contribution >= 0.6 is 0 Å². The minimum Gasteiger partial charge on any atom is -0.462 e. The summed E-state index contributed by atoms with van der Waals surface area (Å²) in [5.41, 5.74) is 0. The van der Waals surface area contributed by atoms with E-state index >= 15 is 0 Å². The Balaban J connectivity index is 4.37. The Morgan fingerprint density at radius 1 is 0.299 bits per heavy atom. The number of ether oxygens (including phenoxy) is 3. The van der Waals surface area contributed by atoms with Gasteiger partial charge in [0.25, 0.3) is 0 Å². The van der Waals surface area contributed by atoms with Crippen molar-refractivity contribution >= 4 is 17.9 Å². The second-order valence-electron chi connectivity index (χ2n) is 19.5. The van der Waals surface area contributed by atoms with Crippen molar-refractivity contribution < 1.29 is 28.6 Å². The van der Waals surface area contributed by atoms with Gasteiger partial charge in [-0.05, 0) is 103 Å². The van der Waals surface area contributed by atoms with E-state index in [9.17, 15) is 14.4 Å². The molecule has 390 valence electrons. The highest BCUT2D eigenvalue weighted by molar-refractivity contribution is 5.71. The Hall–Kier alpha value is -2.63. The van der Waals surface area contributed by atoms with Gasteiger partial charge >= 0.3 is 17.9 Å². The fourth-order valence-corrected chi connectivity index (χ4v) is 8.35. The third-order valence-corrected chi connectivity index (χ3v) is 12.8. The quantitative estimate of drug-likeness (QED) is 0.0262. The van der Waals surface area contributed by atoms with Crippen LogP contribution in [0.2, 0.25) is 0 Å². The van der Waals surface area contributed by atoms with E-state index in [0.717, 1.165) is 89.9 Å². The molecule has 0 amide bonds. The molecule has 0 saturated carbocycles. The molecule has 0 aliphatic carbocycles. The SMILES string of the molecule is CCCCC/C=C\C/C=C\CCCCCCCC(=O)O[C@@H](COC(=O)CCCCCCC/C=C\CCCCCCCC)COC(=O)CCCCCCCCCCC/C=C\CCCCCCCC. The summed E-state index contributed by atoms with van der Waals surface area (Å²) >= 11 is 0. The highest BCUT2D eigenvalue weighted by Crippen LogP contribution is 2.15. The first-order chi connectivity index (χ1) is 33.0. The van der Waals surface area contributed by atoms with Crippen molar-refractivity contribution in [1.82, 2.24) is 0 Å². The van der Waals surface area contributed by atoms with Crippen LogP contribution in [0.4, 0.5) is 0 Å². The largest absolute Gasteiger partial charge is 0.462 e. The van der Waals surface area contributed by atoms with Crippen LogP contribution in [0.3, 0.4) is 0 Å². The average Bonchev–Trinajstić information content (AvgIpc) is 3.33. The maximum atomic E-state index is 12.8. The molecule has 0 aromatic rings. The third-order valence-electron chi connectivity index (χ3n) is 12.8. The van der Waals surface area contributed by atoms with E-state index in [-0.39, 0.29) is 31.1 Å². The van der Waals surface area contributed by atoms with Gasteiger partial charge in [0.1, 0.15) is 13.2 Å². The number of rotatable bonds is 53. The zero-order valence-electron chi connectivity index (χ0n) is 44.7. The summed E-state index contributed by atoms with van der Waals surface area (Å²) in [6.45, 7) is 6.61. The number of carbonyl (C=O) groups excluding carboxylic acids is 3. The lowest BCUT2D eigenvalue weighted by molar-refractivity contribution is -0.167. The number of esters is 3. The van der Waals surface area contributed by atoms with E-state index < -0.39 is 6.10 Å². The molecule has 0 rings (SSSR count). The predicted octanol–water partition coefficient (Wildman–Crippen LogP) is 19.4. The number of hydrogen-bond donors (Lipinski definition) is 0. The van der Waals surface area contributed by atoms with E-state index in [0.29, 0.717) is 19.3 Å². The zero-order valence-corrected chi connectivity index (χ0v) is 44.7. The molecule has 6 nitrogen and oxygen atoms in total. The van der Waals surface area contributed by atoms with Gasteiger partial charge in [0.05, 0.1) is 0 Å². The smallest absolute Gasteiger partial charge is 0.306 e. The minimum atomic E-state index is -0.784. The first-order valence-corrected chi connectivity index (χ1v) is 29.1. The van der Waals surface area contributed by atoms with Crippen molar-refractivity contribution in [3.05, 3.63) is 48.6 Å². The van der Waals surface area contributed by atoms with Crippen LogP contribution in [-0.4, -0.2) is 37.2 Å². The summed E-state index contributed by atoms with van der Waals surface area (Å²) < 4.78 is 16.9.